The first-order valence-electron chi connectivity index (χ1n) is 7.33. The van der Waals surface area contributed by atoms with Crippen LogP contribution in [0.15, 0.2) is 53.3 Å². The molecule has 0 fully saturated rings. The van der Waals surface area contributed by atoms with E-state index in [9.17, 15) is 15.3 Å². The maximum atomic E-state index is 12.9. The molecule has 3 aromatic rings. The second-order valence-electron chi connectivity index (χ2n) is 5.16. The molecule has 1 aromatic heterocycles. The molecular formula is C19H9Cl2N3OS. The molecular weight excluding hydrogens is 389 g/mol. The van der Waals surface area contributed by atoms with Crippen molar-refractivity contribution in [2.45, 2.75) is 0 Å². The van der Waals surface area contributed by atoms with Gasteiger partial charge in [0.1, 0.15) is 16.8 Å². The van der Waals surface area contributed by atoms with E-state index in [0.29, 0.717) is 25.8 Å². The van der Waals surface area contributed by atoms with Crippen LogP contribution in [-0.2, 0) is 0 Å². The molecule has 0 radical (unpaired) electrons. The fourth-order valence-electron chi connectivity index (χ4n) is 2.34. The number of hydrogen-bond acceptors (Lipinski definition) is 4. The SMILES string of the molecule is N#CC(C#N)=c1s/c(=C\c2ccc(Cl)c(Cl)c2)c(=O)n1-c1ccccc1. The van der Waals surface area contributed by atoms with Crippen molar-refractivity contribution >= 4 is 46.2 Å². The van der Waals surface area contributed by atoms with Gasteiger partial charge in [0.05, 0.1) is 20.3 Å². The number of hydrogen-bond donors (Lipinski definition) is 0. The molecule has 4 nitrogen and oxygen atoms in total. The maximum Gasteiger partial charge on any atom is 0.273 e. The Labute approximate surface area is 162 Å². The second kappa shape index (κ2) is 7.59. The summed E-state index contributed by atoms with van der Waals surface area (Å²) in [6, 6.07) is 17.6. The Bertz CT molecular complexity index is 1230. The highest BCUT2D eigenvalue weighted by Gasteiger charge is 2.11. The molecule has 0 saturated carbocycles. The van der Waals surface area contributed by atoms with Crippen LogP contribution in [0, 0.1) is 22.7 Å². The molecule has 0 N–H and O–H groups in total. The summed E-state index contributed by atoms with van der Waals surface area (Å²) in [5.41, 5.74) is 0.843. The summed E-state index contributed by atoms with van der Waals surface area (Å²) >= 11 is 13.0. The summed E-state index contributed by atoms with van der Waals surface area (Å²) in [5.74, 6) is 0. The van der Waals surface area contributed by atoms with E-state index in [4.69, 9.17) is 23.2 Å². The van der Waals surface area contributed by atoms with Crippen molar-refractivity contribution in [3.05, 3.63) is 83.7 Å². The lowest BCUT2D eigenvalue weighted by Crippen LogP contribution is -2.30. The van der Waals surface area contributed by atoms with E-state index < -0.39 is 0 Å². The van der Waals surface area contributed by atoms with E-state index in [0.717, 1.165) is 11.3 Å². The van der Waals surface area contributed by atoms with E-state index in [1.807, 2.05) is 18.2 Å². The van der Waals surface area contributed by atoms with E-state index in [-0.39, 0.29) is 15.8 Å². The molecule has 0 unspecified atom stereocenters. The molecule has 0 saturated heterocycles. The predicted molar refractivity (Wildman–Crippen MR) is 104 cm³/mol. The minimum atomic E-state index is -0.315. The third kappa shape index (κ3) is 3.42. The molecule has 2 aromatic carbocycles. The number of nitriles is 2. The fraction of sp³-hybridized carbons (Fsp3) is 0. The van der Waals surface area contributed by atoms with E-state index in [1.54, 1.807) is 48.5 Å². The zero-order chi connectivity index (χ0) is 18.7. The summed E-state index contributed by atoms with van der Waals surface area (Å²) in [4.78, 5) is 12.9. The van der Waals surface area contributed by atoms with E-state index in [2.05, 4.69) is 0 Å². The van der Waals surface area contributed by atoms with Gasteiger partial charge in [0, 0.05) is 0 Å². The lowest BCUT2D eigenvalue weighted by Gasteiger charge is -2.00. The summed E-state index contributed by atoms with van der Waals surface area (Å²) in [6.07, 6.45) is 1.66. The minimum Gasteiger partial charge on any atom is -0.267 e. The Hall–Kier alpha value is -2.83. The van der Waals surface area contributed by atoms with Crippen molar-refractivity contribution < 1.29 is 0 Å². The number of benzene rings is 2. The highest BCUT2D eigenvalue weighted by atomic mass is 35.5. The average molecular weight is 398 g/mol. The Morgan fingerprint density at radius 2 is 1.73 bits per heavy atom. The summed E-state index contributed by atoms with van der Waals surface area (Å²) in [7, 11) is 0. The first-order chi connectivity index (χ1) is 12.5. The van der Waals surface area contributed by atoms with Gasteiger partial charge in [-0.25, -0.2) is 0 Å². The lowest BCUT2D eigenvalue weighted by molar-refractivity contribution is 0.988. The van der Waals surface area contributed by atoms with E-state index >= 15 is 0 Å². The lowest BCUT2D eigenvalue weighted by atomic mass is 10.2. The van der Waals surface area contributed by atoms with E-state index in [1.165, 1.54) is 4.57 Å². The van der Waals surface area contributed by atoms with Crippen LogP contribution < -0.4 is 14.8 Å². The number of rotatable bonds is 2. The van der Waals surface area contributed by atoms with Crippen molar-refractivity contribution in [2.24, 2.45) is 0 Å². The van der Waals surface area contributed by atoms with Crippen LogP contribution >= 0.6 is 34.5 Å². The predicted octanol–water partition coefficient (Wildman–Crippen LogP) is 3.23. The van der Waals surface area contributed by atoms with Gasteiger partial charge in [-0.2, -0.15) is 10.5 Å². The molecule has 3 rings (SSSR count). The molecule has 0 aliphatic carbocycles. The maximum absolute atomic E-state index is 12.9. The summed E-state index contributed by atoms with van der Waals surface area (Å²) in [6.45, 7) is 0. The minimum absolute atomic E-state index is 0.121. The smallest absolute Gasteiger partial charge is 0.267 e. The number of thiazole rings is 1. The van der Waals surface area contributed by atoms with Gasteiger partial charge >= 0.3 is 0 Å². The monoisotopic (exact) mass is 397 g/mol. The topological polar surface area (TPSA) is 69.6 Å². The summed E-state index contributed by atoms with van der Waals surface area (Å²) in [5, 5.41) is 19.3. The van der Waals surface area contributed by atoms with Gasteiger partial charge in [-0.05, 0) is 35.9 Å². The number of para-hydroxylation sites is 1. The Morgan fingerprint density at radius 3 is 2.35 bits per heavy atom. The first-order valence-corrected chi connectivity index (χ1v) is 8.91. The second-order valence-corrected chi connectivity index (χ2v) is 7.01. The van der Waals surface area contributed by atoms with Crippen molar-refractivity contribution in [3.63, 3.8) is 0 Å². The Kier molecular flexibility index (Phi) is 5.25. The van der Waals surface area contributed by atoms with Gasteiger partial charge in [0.2, 0.25) is 0 Å². The fourth-order valence-corrected chi connectivity index (χ4v) is 3.70. The zero-order valence-corrected chi connectivity index (χ0v) is 15.4. The first kappa shape index (κ1) is 18.0. The van der Waals surface area contributed by atoms with Gasteiger partial charge in [0.15, 0.2) is 5.57 Å². The molecule has 1 heterocycles. The van der Waals surface area contributed by atoms with Crippen molar-refractivity contribution in [1.82, 2.24) is 4.57 Å². The van der Waals surface area contributed by atoms with Crippen LogP contribution in [0.4, 0.5) is 0 Å². The van der Waals surface area contributed by atoms with Gasteiger partial charge in [-0.3, -0.25) is 9.36 Å². The zero-order valence-electron chi connectivity index (χ0n) is 13.1. The molecule has 0 amide bonds. The van der Waals surface area contributed by atoms with Crippen LogP contribution in [-0.4, -0.2) is 4.57 Å². The van der Waals surface area contributed by atoms with Crippen LogP contribution in [0.2, 0.25) is 10.0 Å². The van der Waals surface area contributed by atoms with Gasteiger partial charge in [0.25, 0.3) is 5.56 Å². The number of halogens is 2. The standard InChI is InChI=1S/C19H9Cl2N3OS/c20-15-7-6-12(8-16(15)21)9-17-18(25)24(14-4-2-1-3-5-14)19(26-17)13(10-22)11-23/h1-9H/b17-9-. The van der Waals surface area contributed by atoms with Gasteiger partial charge in [-0.15, -0.1) is 11.3 Å². The molecule has 26 heavy (non-hydrogen) atoms. The third-order valence-corrected chi connectivity index (χ3v) is 5.35. The van der Waals surface area contributed by atoms with Crippen molar-refractivity contribution in [3.8, 4) is 17.8 Å². The quantitative estimate of drug-likeness (QED) is 0.666. The molecule has 0 aliphatic rings. The third-order valence-electron chi connectivity index (χ3n) is 3.52. The highest BCUT2D eigenvalue weighted by Crippen LogP contribution is 2.22. The van der Waals surface area contributed by atoms with Crippen molar-refractivity contribution in [1.29, 1.82) is 10.5 Å². The normalized spacial score (nSPS) is 11.0. The average Bonchev–Trinajstić information content (AvgIpc) is 2.96. The van der Waals surface area contributed by atoms with Crippen LogP contribution in [0.25, 0.3) is 17.3 Å². The summed E-state index contributed by atoms with van der Waals surface area (Å²) < 4.78 is 2.04. The van der Waals surface area contributed by atoms with Crippen molar-refractivity contribution in [2.75, 3.05) is 0 Å². The molecule has 0 aliphatic heterocycles. The largest absolute Gasteiger partial charge is 0.273 e. The highest BCUT2D eigenvalue weighted by molar-refractivity contribution is 7.07. The molecule has 0 bridgehead atoms. The Morgan fingerprint density at radius 1 is 1.04 bits per heavy atom. The van der Waals surface area contributed by atoms with Crippen LogP contribution in [0.1, 0.15) is 5.56 Å². The molecule has 7 heteroatoms. The number of aromatic nitrogens is 1. The van der Waals surface area contributed by atoms with Crippen LogP contribution in [0.5, 0.6) is 0 Å². The van der Waals surface area contributed by atoms with Gasteiger partial charge in [-0.1, -0.05) is 47.5 Å². The van der Waals surface area contributed by atoms with Crippen LogP contribution in [0.3, 0.4) is 0 Å². The number of nitrogens with zero attached hydrogens (tertiary/aromatic N) is 3. The Balaban J connectivity index is 2.38. The molecule has 126 valence electrons. The molecule has 0 atom stereocenters. The molecule has 0 spiro atoms. The van der Waals surface area contributed by atoms with Gasteiger partial charge < -0.3 is 0 Å².